The fourth-order valence-electron chi connectivity index (χ4n) is 2.57. The average Bonchev–Trinajstić information content (AvgIpc) is 2.94. The first kappa shape index (κ1) is 16.7. The summed E-state index contributed by atoms with van der Waals surface area (Å²) in [6.07, 6.45) is 0.853. The summed E-state index contributed by atoms with van der Waals surface area (Å²) in [7, 11) is 0. The minimum atomic E-state index is -0.103. The number of H-pyrrole nitrogens is 1. The fourth-order valence-corrected chi connectivity index (χ4v) is 3.41. The lowest BCUT2D eigenvalue weighted by molar-refractivity contribution is 0.481. The van der Waals surface area contributed by atoms with Crippen molar-refractivity contribution in [3.63, 3.8) is 0 Å². The van der Waals surface area contributed by atoms with Crippen LogP contribution in [0.15, 0.2) is 34.2 Å². The second-order valence-corrected chi connectivity index (χ2v) is 7.02. The summed E-state index contributed by atoms with van der Waals surface area (Å²) in [5, 5.41) is 10.0. The highest BCUT2D eigenvalue weighted by atomic mass is 32.2. The molecule has 0 unspecified atom stereocenters. The van der Waals surface area contributed by atoms with Gasteiger partial charge >= 0.3 is 0 Å². The van der Waals surface area contributed by atoms with Crippen molar-refractivity contribution in [3.8, 4) is 0 Å². The van der Waals surface area contributed by atoms with Crippen molar-refractivity contribution in [3.05, 3.63) is 46.3 Å². The van der Waals surface area contributed by atoms with Crippen molar-refractivity contribution in [1.29, 1.82) is 0 Å². The lowest BCUT2D eigenvalue weighted by Gasteiger charge is -2.11. The first-order valence-electron chi connectivity index (χ1n) is 8.11. The lowest BCUT2D eigenvalue weighted by Crippen LogP contribution is -2.12. The molecule has 0 saturated heterocycles. The van der Waals surface area contributed by atoms with Gasteiger partial charge < -0.3 is 9.55 Å². The van der Waals surface area contributed by atoms with Crippen molar-refractivity contribution >= 4 is 22.7 Å². The highest BCUT2D eigenvalue weighted by Gasteiger charge is 2.13. The van der Waals surface area contributed by atoms with Crippen molar-refractivity contribution in [2.75, 3.05) is 0 Å². The van der Waals surface area contributed by atoms with Crippen LogP contribution in [-0.2, 0) is 18.7 Å². The van der Waals surface area contributed by atoms with Crippen molar-refractivity contribution in [1.82, 2.24) is 24.7 Å². The Hall–Kier alpha value is -2.15. The molecule has 0 saturated carbocycles. The number of aromatic amines is 1. The predicted octanol–water partition coefficient (Wildman–Crippen LogP) is 3.03. The average molecular weight is 343 g/mol. The molecule has 7 heteroatoms. The molecule has 0 aliphatic rings. The van der Waals surface area contributed by atoms with Crippen LogP contribution in [0.1, 0.15) is 32.4 Å². The summed E-state index contributed by atoms with van der Waals surface area (Å²) in [4.78, 5) is 19.5. The van der Waals surface area contributed by atoms with Crippen LogP contribution in [0.5, 0.6) is 0 Å². The van der Waals surface area contributed by atoms with Crippen LogP contribution in [-0.4, -0.2) is 24.7 Å². The summed E-state index contributed by atoms with van der Waals surface area (Å²) in [6, 6.07) is 7.37. The van der Waals surface area contributed by atoms with Crippen LogP contribution >= 0.6 is 11.8 Å². The van der Waals surface area contributed by atoms with Gasteiger partial charge in [-0.2, -0.15) is 0 Å². The minimum absolute atomic E-state index is 0.103. The van der Waals surface area contributed by atoms with E-state index in [2.05, 4.69) is 45.5 Å². The molecule has 0 radical (unpaired) electrons. The SMILES string of the molecule is CCc1nnc(SCc2nc3ccccc3c(=O)[nH]2)n1CC(C)C. The van der Waals surface area contributed by atoms with Crippen LogP contribution in [0, 0.1) is 5.92 Å². The summed E-state index contributed by atoms with van der Waals surface area (Å²) < 4.78 is 2.16. The van der Waals surface area contributed by atoms with E-state index in [0.29, 0.717) is 22.9 Å². The first-order chi connectivity index (χ1) is 11.6. The molecule has 3 aromatic rings. The largest absolute Gasteiger partial charge is 0.309 e. The van der Waals surface area contributed by atoms with Crippen LogP contribution in [0.2, 0.25) is 0 Å². The van der Waals surface area contributed by atoms with Gasteiger partial charge in [0.2, 0.25) is 0 Å². The zero-order valence-electron chi connectivity index (χ0n) is 14.1. The lowest BCUT2D eigenvalue weighted by atomic mass is 10.2. The van der Waals surface area contributed by atoms with Crippen molar-refractivity contribution in [2.24, 2.45) is 5.92 Å². The van der Waals surface area contributed by atoms with Crippen molar-refractivity contribution < 1.29 is 0 Å². The van der Waals surface area contributed by atoms with E-state index in [1.54, 1.807) is 17.8 Å². The molecule has 1 aromatic carbocycles. The van der Waals surface area contributed by atoms with Gasteiger partial charge in [-0.1, -0.05) is 44.7 Å². The quantitative estimate of drug-likeness (QED) is 0.696. The Morgan fingerprint density at radius 3 is 2.79 bits per heavy atom. The number of aromatic nitrogens is 5. The van der Waals surface area contributed by atoms with Crippen LogP contribution in [0.3, 0.4) is 0 Å². The standard InChI is InChI=1S/C17H21N5OS/c1-4-15-20-21-17(22(15)9-11(2)3)24-10-14-18-13-8-6-5-7-12(13)16(23)19-14/h5-8,11H,4,9-10H2,1-3H3,(H,18,19,23). The van der Waals surface area contributed by atoms with Gasteiger partial charge in [-0.25, -0.2) is 4.98 Å². The number of rotatable bonds is 6. The Balaban J connectivity index is 1.83. The number of thioether (sulfide) groups is 1. The van der Waals surface area contributed by atoms with E-state index in [-0.39, 0.29) is 5.56 Å². The molecule has 0 bridgehead atoms. The number of fused-ring (bicyclic) bond motifs is 1. The number of hydrogen-bond donors (Lipinski definition) is 1. The summed E-state index contributed by atoms with van der Waals surface area (Å²) in [5.74, 6) is 2.72. The molecule has 1 N–H and O–H groups in total. The number of para-hydroxylation sites is 1. The Kier molecular flexibility index (Phi) is 4.99. The van der Waals surface area contributed by atoms with E-state index in [0.717, 1.165) is 29.5 Å². The van der Waals surface area contributed by atoms with E-state index in [9.17, 15) is 4.79 Å². The molecule has 2 aromatic heterocycles. The van der Waals surface area contributed by atoms with Gasteiger partial charge in [0, 0.05) is 13.0 Å². The topological polar surface area (TPSA) is 76.5 Å². The molecule has 0 amide bonds. The maximum atomic E-state index is 12.1. The zero-order valence-corrected chi connectivity index (χ0v) is 14.9. The Morgan fingerprint density at radius 2 is 2.04 bits per heavy atom. The first-order valence-corrected chi connectivity index (χ1v) is 9.09. The number of nitrogens with one attached hydrogen (secondary N) is 1. The highest BCUT2D eigenvalue weighted by molar-refractivity contribution is 7.98. The van der Waals surface area contributed by atoms with E-state index in [4.69, 9.17) is 0 Å². The monoisotopic (exact) mass is 343 g/mol. The van der Waals surface area contributed by atoms with Gasteiger partial charge in [-0.05, 0) is 18.1 Å². The van der Waals surface area contributed by atoms with Crippen molar-refractivity contribution in [2.45, 2.75) is 44.6 Å². The summed E-state index contributed by atoms with van der Waals surface area (Å²) >= 11 is 1.55. The minimum Gasteiger partial charge on any atom is -0.309 e. The molecule has 0 aliphatic carbocycles. The van der Waals surface area contributed by atoms with Gasteiger partial charge in [0.25, 0.3) is 5.56 Å². The molecule has 0 spiro atoms. The number of benzene rings is 1. The highest BCUT2D eigenvalue weighted by Crippen LogP contribution is 2.22. The third-order valence-electron chi connectivity index (χ3n) is 3.66. The molecular weight excluding hydrogens is 322 g/mol. The normalized spacial score (nSPS) is 11.5. The zero-order chi connectivity index (χ0) is 17.1. The number of aryl methyl sites for hydroxylation is 1. The smallest absolute Gasteiger partial charge is 0.258 e. The molecule has 3 rings (SSSR count). The molecule has 2 heterocycles. The predicted molar refractivity (Wildman–Crippen MR) is 96.2 cm³/mol. The molecule has 6 nitrogen and oxygen atoms in total. The third kappa shape index (κ3) is 3.51. The third-order valence-corrected chi connectivity index (χ3v) is 4.64. The van der Waals surface area contributed by atoms with Crippen LogP contribution in [0.4, 0.5) is 0 Å². The molecule has 0 fully saturated rings. The molecule has 0 atom stereocenters. The van der Waals surface area contributed by atoms with Gasteiger partial charge in [0.15, 0.2) is 5.16 Å². The van der Waals surface area contributed by atoms with Crippen LogP contribution in [0.25, 0.3) is 10.9 Å². The van der Waals surface area contributed by atoms with Gasteiger partial charge in [0.1, 0.15) is 11.6 Å². The Morgan fingerprint density at radius 1 is 1.25 bits per heavy atom. The van der Waals surface area contributed by atoms with E-state index >= 15 is 0 Å². The number of hydrogen-bond acceptors (Lipinski definition) is 5. The summed E-state index contributed by atoms with van der Waals surface area (Å²) in [5.41, 5.74) is 0.615. The second kappa shape index (κ2) is 7.17. The maximum absolute atomic E-state index is 12.1. The van der Waals surface area contributed by atoms with Crippen LogP contribution < -0.4 is 5.56 Å². The van der Waals surface area contributed by atoms with E-state index in [1.165, 1.54) is 0 Å². The summed E-state index contributed by atoms with van der Waals surface area (Å²) in [6.45, 7) is 7.32. The molecule has 126 valence electrons. The number of nitrogens with zero attached hydrogens (tertiary/aromatic N) is 4. The Labute approximate surface area is 144 Å². The fraction of sp³-hybridized carbons (Fsp3) is 0.412. The second-order valence-electron chi connectivity index (χ2n) is 6.08. The molecule has 0 aliphatic heterocycles. The maximum Gasteiger partial charge on any atom is 0.258 e. The van der Waals surface area contributed by atoms with Gasteiger partial charge in [0.05, 0.1) is 16.7 Å². The van der Waals surface area contributed by atoms with E-state index in [1.807, 2.05) is 18.2 Å². The van der Waals surface area contributed by atoms with Gasteiger partial charge in [-0.15, -0.1) is 10.2 Å². The molecular formula is C17H21N5OS. The van der Waals surface area contributed by atoms with Gasteiger partial charge in [-0.3, -0.25) is 4.79 Å². The molecule has 24 heavy (non-hydrogen) atoms. The Bertz CT molecular complexity index is 899. The van der Waals surface area contributed by atoms with E-state index < -0.39 is 0 Å².